The van der Waals surface area contributed by atoms with Crippen LogP contribution in [0.3, 0.4) is 0 Å². The number of nitrogens with one attached hydrogen (secondary N) is 1. The van der Waals surface area contributed by atoms with E-state index in [1.807, 2.05) is 30.5 Å². The Labute approximate surface area is 139 Å². The largest absolute Gasteiger partial charge is 0.497 e. The van der Waals surface area contributed by atoms with Crippen molar-refractivity contribution in [1.82, 2.24) is 5.10 Å². The van der Waals surface area contributed by atoms with E-state index in [1.54, 1.807) is 43.3 Å². The summed E-state index contributed by atoms with van der Waals surface area (Å²) in [5.74, 6) is 1.01. The molecule has 3 aromatic rings. The Balaban J connectivity index is 1.77. The minimum atomic E-state index is -0.200. The molecule has 0 atom stereocenters. The van der Waals surface area contributed by atoms with Gasteiger partial charge in [-0.1, -0.05) is 22.9 Å². The summed E-state index contributed by atoms with van der Waals surface area (Å²) >= 11 is 0. The van der Waals surface area contributed by atoms with Gasteiger partial charge in [-0.25, -0.2) is 0 Å². The Morgan fingerprint density at radius 3 is 2.67 bits per heavy atom. The molecule has 0 fully saturated rings. The molecule has 0 radical (unpaired) electrons. The average Bonchev–Trinajstić information content (AvgIpc) is 2.61. The van der Waals surface area contributed by atoms with Crippen molar-refractivity contribution in [3.05, 3.63) is 54.9 Å². The number of fused-ring (bicyclic) bond motifs is 1. The normalized spacial score (nSPS) is 10.4. The highest BCUT2D eigenvalue weighted by Crippen LogP contribution is 2.28. The SMILES string of the molecule is COc1ccc(OC)c(NC(=O)C[n+]2cc3ccccc3cn2)c1. The van der Waals surface area contributed by atoms with Gasteiger partial charge in [-0.2, -0.15) is 0 Å². The van der Waals surface area contributed by atoms with Crippen LogP contribution in [0.5, 0.6) is 11.5 Å². The van der Waals surface area contributed by atoms with Crippen molar-refractivity contribution in [2.45, 2.75) is 6.54 Å². The van der Waals surface area contributed by atoms with Gasteiger partial charge in [0, 0.05) is 16.8 Å². The zero-order valence-corrected chi connectivity index (χ0v) is 13.5. The molecule has 0 bridgehead atoms. The number of carbonyl (C=O) groups is 1. The van der Waals surface area contributed by atoms with Gasteiger partial charge in [0.1, 0.15) is 17.7 Å². The van der Waals surface area contributed by atoms with Gasteiger partial charge >= 0.3 is 0 Å². The van der Waals surface area contributed by atoms with Crippen molar-refractivity contribution in [2.75, 3.05) is 19.5 Å². The van der Waals surface area contributed by atoms with Gasteiger partial charge in [-0.05, 0) is 23.3 Å². The molecule has 1 N–H and O–H groups in total. The first kappa shape index (κ1) is 15.7. The van der Waals surface area contributed by atoms with Crippen LogP contribution in [-0.4, -0.2) is 25.2 Å². The number of aromatic nitrogens is 2. The zero-order valence-electron chi connectivity index (χ0n) is 13.5. The lowest BCUT2D eigenvalue weighted by Crippen LogP contribution is -2.43. The maximum absolute atomic E-state index is 12.3. The number of amides is 1. The molecule has 2 aromatic carbocycles. The van der Waals surface area contributed by atoms with Crippen LogP contribution < -0.4 is 19.5 Å². The molecule has 0 spiro atoms. The summed E-state index contributed by atoms with van der Waals surface area (Å²) in [5.41, 5.74) is 0.559. The molecule has 1 amide bonds. The Morgan fingerprint density at radius 2 is 1.92 bits per heavy atom. The van der Waals surface area contributed by atoms with E-state index in [9.17, 15) is 4.79 Å². The number of hydrogen-bond acceptors (Lipinski definition) is 4. The van der Waals surface area contributed by atoms with Gasteiger partial charge in [0.25, 0.3) is 12.5 Å². The van der Waals surface area contributed by atoms with Gasteiger partial charge in [0.15, 0.2) is 0 Å². The second-order valence-corrected chi connectivity index (χ2v) is 5.21. The molecule has 0 saturated carbocycles. The smallest absolute Gasteiger partial charge is 0.292 e. The molecule has 1 heterocycles. The first-order valence-corrected chi connectivity index (χ1v) is 7.46. The second-order valence-electron chi connectivity index (χ2n) is 5.21. The summed E-state index contributed by atoms with van der Waals surface area (Å²) in [5, 5.41) is 9.15. The maximum atomic E-state index is 12.3. The number of benzene rings is 2. The molecular formula is C18H18N3O3+. The van der Waals surface area contributed by atoms with Gasteiger partial charge in [0.05, 0.1) is 19.9 Å². The quantitative estimate of drug-likeness (QED) is 0.731. The van der Waals surface area contributed by atoms with Crippen molar-refractivity contribution in [3.8, 4) is 11.5 Å². The van der Waals surface area contributed by atoms with Crippen molar-refractivity contribution >= 4 is 22.4 Å². The van der Waals surface area contributed by atoms with Crippen LogP contribution in [0.25, 0.3) is 10.8 Å². The van der Waals surface area contributed by atoms with Crippen LogP contribution in [0.4, 0.5) is 5.69 Å². The molecule has 0 aliphatic heterocycles. The third kappa shape index (κ3) is 3.43. The minimum absolute atomic E-state index is 0.102. The average molecular weight is 324 g/mol. The molecule has 0 unspecified atom stereocenters. The number of hydrogen-bond donors (Lipinski definition) is 1. The number of carbonyl (C=O) groups excluding carboxylic acids is 1. The summed E-state index contributed by atoms with van der Waals surface area (Å²) in [4.78, 5) is 12.3. The number of ether oxygens (including phenoxy) is 2. The molecule has 122 valence electrons. The predicted molar refractivity (Wildman–Crippen MR) is 90.1 cm³/mol. The van der Waals surface area contributed by atoms with Gasteiger partial charge in [-0.15, -0.1) is 0 Å². The molecular weight excluding hydrogens is 306 g/mol. The highest BCUT2D eigenvalue weighted by molar-refractivity contribution is 5.91. The summed E-state index contributed by atoms with van der Waals surface area (Å²) in [6, 6.07) is 13.1. The first-order chi connectivity index (χ1) is 11.7. The second kappa shape index (κ2) is 6.95. The standard InChI is InChI=1S/C18H17N3O3/c1-23-15-7-8-17(24-2)16(9-15)20-18(22)12-21-11-14-6-4-3-5-13(14)10-19-21/h3-11H,12H2,1-2H3/p+1. The van der Waals surface area contributed by atoms with Crippen LogP contribution >= 0.6 is 0 Å². The first-order valence-electron chi connectivity index (χ1n) is 7.46. The van der Waals surface area contributed by atoms with E-state index in [4.69, 9.17) is 9.47 Å². The van der Waals surface area contributed by atoms with E-state index in [0.29, 0.717) is 17.2 Å². The number of methoxy groups -OCH3 is 2. The fourth-order valence-corrected chi connectivity index (χ4v) is 2.41. The fraction of sp³-hybridized carbons (Fsp3) is 0.167. The molecule has 24 heavy (non-hydrogen) atoms. The van der Waals surface area contributed by atoms with Crippen molar-refractivity contribution in [1.29, 1.82) is 0 Å². The Bertz CT molecular complexity index is 880. The van der Waals surface area contributed by atoms with Crippen LogP contribution in [0.15, 0.2) is 54.9 Å². The Hall–Kier alpha value is -3.15. The van der Waals surface area contributed by atoms with E-state index < -0.39 is 0 Å². The van der Waals surface area contributed by atoms with Crippen molar-refractivity contribution < 1.29 is 19.0 Å². The van der Waals surface area contributed by atoms with Crippen molar-refractivity contribution in [2.24, 2.45) is 0 Å². The Morgan fingerprint density at radius 1 is 1.12 bits per heavy atom. The minimum Gasteiger partial charge on any atom is -0.497 e. The summed E-state index contributed by atoms with van der Waals surface area (Å²) in [7, 11) is 3.12. The monoisotopic (exact) mass is 324 g/mol. The lowest BCUT2D eigenvalue weighted by molar-refractivity contribution is -0.740. The number of rotatable bonds is 5. The van der Waals surface area contributed by atoms with Gasteiger partial charge in [-0.3, -0.25) is 4.79 Å². The van der Waals surface area contributed by atoms with Crippen LogP contribution in [0.2, 0.25) is 0 Å². The number of nitrogens with zero attached hydrogens (tertiary/aromatic N) is 2. The molecule has 0 saturated heterocycles. The van der Waals surface area contributed by atoms with E-state index in [0.717, 1.165) is 10.8 Å². The lowest BCUT2D eigenvalue weighted by atomic mass is 10.2. The van der Waals surface area contributed by atoms with E-state index in [1.165, 1.54) is 0 Å². The molecule has 6 nitrogen and oxygen atoms in total. The summed E-state index contributed by atoms with van der Waals surface area (Å²) < 4.78 is 12.0. The van der Waals surface area contributed by atoms with Gasteiger partial charge < -0.3 is 14.8 Å². The number of anilines is 1. The van der Waals surface area contributed by atoms with E-state index >= 15 is 0 Å². The molecule has 1 aromatic heterocycles. The van der Waals surface area contributed by atoms with Crippen LogP contribution in [-0.2, 0) is 11.3 Å². The third-order valence-electron chi connectivity index (χ3n) is 3.62. The molecule has 3 rings (SSSR count). The van der Waals surface area contributed by atoms with E-state index in [2.05, 4.69) is 10.4 Å². The molecule has 0 aliphatic rings. The summed E-state index contributed by atoms with van der Waals surface area (Å²) in [6.07, 6.45) is 3.59. The zero-order chi connectivity index (χ0) is 16.9. The molecule has 0 aliphatic carbocycles. The summed E-state index contributed by atoms with van der Waals surface area (Å²) in [6.45, 7) is 0.102. The predicted octanol–water partition coefficient (Wildman–Crippen LogP) is 2.18. The fourth-order valence-electron chi connectivity index (χ4n) is 2.41. The topological polar surface area (TPSA) is 64.3 Å². The highest BCUT2D eigenvalue weighted by Gasteiger charge is 2.15. The third-order valence-corrected chi connectivity index (χ3v) is 3.62. The van der Waals surface area contributed by atoms with E-state index in [-0.39, 0.29) is 12.5 Å². The Kier molecular flexibility index (Phi) is 4.56. The van der Waals surface area contributed by atoms with Crippen LogP contribution in [0, 0.1) is 0 Å². The lowest BCUT2D eigenvalue weighted by Gasteiger charge is -2.10. The molecule has 6 heteroatoms. The van der Waals surface area contributed by atoms with Gasteiger partial charge in [0.2, 0.25) is 6.20 Å². The maximum Gasteiger partial charge on any atom is 0.292 e. The highest BCUT2D eigenvalue weighted by atomic mass is 16.5. The van der Waals surface area contributed by atoms with Crippen LogP contribution in [0.1, 0.15) is 0 Å². The van der Waals surface area contributed by atoms with Crippen molar-refractivity contribution in [3.63, 3.8) is 0 Å².